The van der Waals surface area contributed by atoms with E-state index in [1.165, 1.54) is 30.3 Å². The van der Waals surface area contributed by atoms with Crippen molar-refractivity contribution in [3.05, 3.63) is 46.3 Å². The zero-order valence-electron chi connectivity index (χ0n) is 13.2. The van der Waals surface area contributed by atoms with E-state index >= 15 is 0 Å². The first-order valence-electron chi connectivity index (χ1n) is 7.87. The number of hydrogen-bond acceptors (Lipinski definition) is 5. The van der Waals surface area contributed by atoms with Crippen molar-refractivity contribution in [1.82, 2.24) is 15.2 Å². The first kappa shape index (κ1) is 16.0. The van der Waals surface area contributed by atoms with Crippen LogP contribution in [0.25, 0.3) is 6.08 Å². The Hall–Kier alpha value is -1.92. The van der Waals surface area contributed by atoms with E-state index in [1.54, 1.807) is 11.6 Å². The van der Waals surface area contributed by atoms with Gasteiger partial charge in [0.2, 0.25) is 5.91 Å². The molecule has 0 saturated carbocycles. The monoisotopic (exact) mass is 331 g/mol. The molecule has 0 aliphatic carbocycles. The van der Waals surface area contributed by atoms with Gasteiger partial charge in [-0.25, -0.2) is 4.98 Å². The third-order valence-corrected chi connectivity index (χ3v) is 4.60. The van der Waals surface area contributed by atoms with E-state index in [9.17, 15) is 4.79 Å². The molecule has 3 rings (SSSR count). The Bertz CT molecular complexity index is 657. The lowest BCUT2D eigenvalue weighted by Crippen LogP contribution is -2.36. The van der Waals surface area contributed by atoms with Crippen molar-refractivity contribution in [2.75, 3.05) is 19.6 Å². The minimum absolute atomic E-state index is 0.0998. The lowest BCUT2D eigenvalue weighted by molar-refractivity contribution is -0.116. The summed E-state index contributed by atoms with van der Waals surface area (Å²) in [4.78, 5) is 18.5. The summed E-state index contributed by atoms with van der Waals surface area (Å²) in [6.07, 6.45) is 5.67. The SMILES string of the molecule is Cc1ccc([C@@H](CNC(=O)/C=C/c2cscn2)N2CCCC2)o1. The molecule has 0 unspecified atom stereocenters. The molecule has 1 aliphatic heterocycles. The van der Waals surface area contributed by atoms with E-state index in [1.807, 2.05) is 24.4 Å². The van der Waals surface area contributed by atoms with Gasteiger partial charge in [0, 0.05) is 18.0 Å². The lowest BCUT2D eigenvalue weighted by Gasteiger charge is -2.25. The molecule has 1 N–H and O–H groups in total. The Morgan fingerprint density at radius 1 is 1.48 bits per heavy atom. The molecule has 0 radical (unpaired) electrons. The van der Waals surface area contributed by atoms with E-state index in [4.69, 9.17) is 4.42 Å². The molecular formula is C17H21N3O2S. The van der Waals surface area contributed by atoms with E-state index in [0.29, 0.717) is 6.54 Å². The third-order valence-electron chi connectivity index (χ3n) is 4.00. The molecule has 3 heterocycles. The molecule has 5 nitrogen and oxygen atoms in total. The molecule has 6 heteroatoms. The minimum atomic E-state index is -0.106. The number of likely N-dealkylation sites (tertiary alicyclic amines) is 1. The molecule has 1 fully saturated rings. The fourth-order valence-electron chi connectivity index (χ4n) is 2.82. The van der Waals surface area contributed by atoms with E-state index < -0.39 is 0 Å². The lowest BCUT2D eigenvalue weighted by atomic mass is 10.2. The predicted molar refractivity (Wildman–Crippen MR) is 91.2 cm³/mol. The van der Waals surface area contributed by atoms with Crippen LogP contribution in [-0.2, 0) is 4.79 Å². The van der Waals surface area contributed by atoms with Crippen LogP contribution in [0.3, 0.4) is 0 Å². The summed E-state index contributed by atoms with van der Waals surface area (Å²) in [5.41, 5.74) is 2.56. The highest BCUT2D eigenvalue weighted by Crippen LogP contribution is 2.26. The average Bonchev–Trinajstić information content (AvgIpc) is 3.28. The number of aryl methyl sites for hydroxylation is 1. The van der Waals surface area contributed by atoms with Gasteiger partial charge in [0.25, 0.3) is 0 Å². The summed E-state index contributed by atoms with van der Waals surface area (Å²) in [6.45, 7) is 4.59. The maximum atomic E-state index is 12.0. The van der Waals surface area contributed by atoms with Crippen molar-refractivity contribution in [2.24, 2.45) is 0 Å². The number of carbonyl (C=O) groups is 1. The topological polar surface area (TPSA) is 58.4 Å². The van der Waals surface area contributed by atoms with Gasteiger partial charge in [0.05, 0.1) is 17.2 Å². The highest BCUT2D eigenvalue weighted by molar-refractivity contribution is 7.07. The van der Waals surface area contributed by atoms with Gasteiger partial charge >= 0.3 is 0 Å². The highest BCUT2D eigenvalue weighted by Gasteiger charge is 2.26. The Balaban J connectivity index is 1.61. The normalized spacial score (nSPS) is 16.9. The van der Waals surface area contributed by atoms with Gasteiger partial charge in [0.15, 0.2) is 0 Å². The number of aromatic nitrogens is 1. The summed E-state index contributed by atoms with van der Waals surface area (Å²) < 4.78 is 5.79. The Morgan fingerprint density at radius 2 is 2.30 bits per heavy atom. The molecule has 2 aromatic heterocycles. The van der Waals surface area contributed by atoms with E-state index in [-0.39, 0.29) is 11.9 Å². The predicted octanol–water partition coefficient (Wildman–Crippen LogP) is 3.01. The number of hydrogen-bond donors (Lipinski definition) is 1. The molecule has 0 bridgehead atoms. The largest absolute Gasteiger partial charge is 0.465 e. The van der Waals surface area contributed by atoms with Crippen molar-refractivity contribution < 1.29 is 9.21 Å². The average molecular weight is 331 g/mol. The Labute approximate surface area is 140 Å². The van der Waals surface area contributed by atoms with Crippen LogP contribution in [0.1, 0.15) is 36.1 Å². The van der Waals surface area contributed by atoms with E-state index in [2.05, 4.69) is 15.2 Å². The molecule has 122 valence electrons. The number of carbonyl (C=O) groups excluding carboxylic acids is 1. The van der Waals surface area contributed by atoms with Gasteiger partial charge in [-0.1, -0.05) is 0 Å². The van der Waals surface area contributed by atoms with Crippen LogP contribution in [0, 0.1) is 6.92 Å². The molecule has 1 atom stereocenters. The van der Waals surface area contributed by atoms with Crippen LogP contribution in [-0.4, -0.2) is 35.4 Å². The van der Waals surface area contributed by atoms with E-state index in [0.717, 1.165) is 30.3 Å². The summed E-state index contributed by atoms with van der Waals surface area (Å²) >= 11 is 1.51. The highest BCUT2D eigenvalue weighted by atomic mass is 32.1. The minimum Gasteiger partial charge on any atom is -0.465 e. The van der Waals surface area contributed by atoms with Crippen molar-refractivity contribution in [3.63, 3.8) is 0 Å². The first-order chi connectivity index (χ1) is 11.2. The number of nitrogens with zero attached hydrogens (tertiary/aromatic N) is 2. The second-order valence-electron chi connectivity index (χ2n) is 5.70. The number of nitrogens with one attached hydrogen (secondary N) is 1. The van der Waals surface area contributed by atoms with Gasteiger partial charge in [-0.3, -0.25) is 9.69 Å². The summed E-state index contributed by atoms with van der Waals surface area (Å²) in [6, 6.07) is 4.08. The molecule has 2 aromatic rings. The fourth-order valence-corrected chi connectivity index (χ4v) is 3.34. The number of amides is 1. The second kappa shape index (κ2) is 7.57. The molecule has 0 aromatic carbocycles. The van der Waals surface area contributed by atoms with Crippen LogP contribution >= 0.6 is 11.3 Å². The first-order valence-corrected chi connectivity index (χ1v) is 8.81. The van der Waals surface area contributed by atoms with Gasteiger partial charge in [0.1, 0.15) is 11.5 Å². The van der Waals surface area contributed by atoms with Gasteiger partial charge in [-0.15, -0.1) is 11.3 Å². The molecule has 1 amide bonds. The van der Waals surface area contributed by atoms with Crippen molar-refractivity contribution in [3.8, 4) is 0 Å². The van der Waals surface area contributed by atoms with Crippen molar-refractivity contribution in [2.45, 2.75) is 25.8 Å². The summed E-state index contributed by atoms with van der Waals surface area (Å²) in [5.74, 6) is 1.72. The number of furan rings is 1. The maximum Gasteiger partial charge on any atom is 0.244 e. The second-order valence-corrected chi connectivity index (χ2v) is 6.42. The third kappa shape index (κ3) is 4.30. The fraction of sp³-hybridized carbons (Fsp3) is 0.412. The standard InChI is InChI=1S/C17H21N3O2S/c1-13-4-6-16(22-13)15(20-8-2-3-9-20)10-18-17(21)7-5-14-11-23-12-19-14/h4-7,11-12,15H,2-3,8-10H2,1H3,(H,18,21)/b7-5+/t15-/m1/s1. The molecule has 23 heavy (non-hydrogen) atoms. The van der Waals surface area contributed by atoms with Crippen molar-refractivity contribution >= 4 is 23.3 Å². The summed E-state index contributed by atoms with van der Waals surface area (Å²) in [5, 5.41) is 4.88. The molecule has 1 saturated heterocycles. The number of rotatable bonds is 6. The van der Waals surface area contributed by atoms with Gasteiger partial charge in [-0.05, 0) is 51.1 Å². The zero-order chi connectivity index (χ0) is 16.1. The smallest absolute Gasteiger partial charge is 0.244 e. The quantitative estimate of drug-likeness (QED) is 0.827. The maximum absolute atomic E-state index is 12.0. The van der Waals surface area contributed by atoms with Crippen LogP contribution in [0.2, 0.25) is 0 Å². The molecule has 1 aliphatic rings. The Kier molecular flexibility index (Phi) is 5.25. The zero-order valence-corrected chi connectivity index (χ0v) is 14.0. The van der Waals surface area contributed by atoms with Gasteiger partial charge in [-0.2, -0.15) is 0 Å². The van der Waals surface area contributed by atoms with Crippen LogP contribution in [0.15, 0.2) is 33.5 Å². The van der Waals surface area contributed by atoms with Gasteiger partial charge < -0.3 is 9.73 Å². The molecular weight excluding hydrogens is 310 g/mol. The van der Waals surface area contributed by atoms with Crippen LogP contribution < -0.4 is 5.32 Å². The Morgan fingerprint density at radius 3 is 2.96 bits per heavy atom. The van der Waals surface area contributed by atoms with Crippen LogP contribution in [0.5, 0.6) is 0 Å². The number of thiazole rings is 1. The van der Waals surface area contributed by atoms with Crippen LogP contribution in [0.4, 0.5) is 0 Å². The molecule has 0 spiro atoms. The summed E-state index contributed by atoms with van der Waals surface area (Å²) in [7, 11) is 0. The van der Waals surface area contributed by atoms with Crippen molar-refractivity contribution in [1.29, 1.82) is 0 Å².